The van der Waals surface area contributed by atoms with E-state index >= 15 is 0 Å². The molecule has 0 saturated carbocycles. The highest BCUT2D eigenvalue weighted by Gasteiger charge is 2.05. The monoisotopic (exact) mass is 209 g/mol. The first-order valence-corrected chi connectivity index (χ1v) is 4.84. The zero-order valence-corrected chi connectivity index (χ0v) is 8.66. The first kappa shape index (κ1) is 11.4. The number of nitrogens with two attached hydrogens (primary N) is 1. The predicted octanol–water partition coefficient (Wildman–Crippen LogP) is 0.0933. The van der Waals surface area contributed by atoms with E-state index in [1.165, 1.54) is 12.4 Å². The van der Waals surface area contributed by atoms with Gasteiger partial charge in [-0.05, 0) is 6.42 Å². The molecular formula is C9H15N5O. The molecule has 1 heterocycles. The summed E-state index contributed by atoms with van der Waals surface area (Å²) < 4.78 is 0. The Morgan fingerprint density at radius 2 is 2.27 bits per heavy atom. The number of nitrogens with zero attached hydrogens (tertiary/aromatic N) is 2. The van der Waals surface area contributed by atoms with E-state index < -0.39 is 0 Å². The van der Waals surface area contributed by atoms with E-state index in [1.807, 2.05) is 0 Å². The summed E-state index contributed by atoms with van der Waals surface area (Å²) in [5.41, 5.74) is 10.9. The lowest BCUT2D eigenvalue weighted by Gasteiger charge is -2.05. The fourth-order valence-electron chi connectivity index (χ4n) is 0.927. The van der Waals surface area contributed by atoms with Crippen LogP contribution in [0, 0.1) is 0 Å². The Hall–Kier alpha value is -1.69. The van der Waals surface area contributed by atoms with Crippen molar-refractivity contribution < 1.29 is 4.79 Å². The van der Waals surface area contributed by atoms with Crippen LogP contribution in [0.15, 0.2) is 12.4 Å². The summed E-state index contributed by atoms with van der Waals surface area (Å²) in [6.45, 7) is 2.82. The van der Waals surface area contributed by atoms with Crippen molar-refractivity contribution in [3.63, 3.8) is 0 Å². The smallest absolute Gasteiger partial charge is 0.285 e. The van der Waals surface area contributed by atoms with Gasteiger partial charge in [0.2, 0.25) is 0 Å². The third-order valence-corrected chi connectivity index (χ3v) is 1.76. The van der Waals surface area contributed by atoms with E-state index in [4.69, 9.17) is 5.73 Å². The fraction of sp³-hybridized carbons (Fsp3) is 0.444. The SMILES string of the molecule is CCCCNNC(=O)c1cnc(N)cn1. The van der Waals surface area contributed by atoms with Crippen LogP contribution in [0.1, 0.15) is 30.3 Å². The maximum atomic E-state index is 11.4. The van der Waals surface area contributed by atoms with Gasteiger partial charge in [0, 0.05) is 6.54 Å². The highest BCUT2D eigenvalue weighted by molar-refractivity contribution is 5.91. The van der Waals surface area contributed by atoms with Crippen LogP contribution in [-0.2, 0) is 0 Å². The van der Waals surface area contributed by atoms with Crippen LogP contribution in [0.2, 0.25) is 0 Å². The molecule has 0 unspecified atom stereocenters. The van der Waals surface area contributed by atoms with Gasteiger partial charge in [-0.15, -0.1) is 0 Å². The van der Waals surface area contributed by atoms with Crippen molar-refractivity contribution in [1.82, 2.24) is 20.8 Å². The number of carbonyl (C=O) groups is 1. The van der Waals surface area contributed by atoms with Gasteiger partial charge in [-0.3, -0.25) is 10.2 Å². The van der Waals surface area contributed by atoms with E-state index in [1.54, 1.807) is 0 Å². The van der Waals surface area contributed by atoms with Gasteiger partial charge in [0.05, 0.1) is 12.4 Å². The van der Waals surface area contributed by atoms with Gasteiger partial charge in [0.1, 0.15) is 11.5 Å². The Kier molecular flexibility index (Phi) is 4.49. The molecule has 82 valence electrons. The molecule has 0 aliphatic carbocycles. The van der Waals surface area contributed by atoms with Crippen LogP contribution in [-0.4, -0.2) is 22.4 Å². The number of hydrogen-bond acceptors (Lipinski definition) is 5. The largest absolute Gasteiger partial charge is 0.382 e. The van der Waals surface area contributed by atoms with Crippen molar-refractivity contribution in [2.75, 3.05) is 12.3 Å². The zero-order valence-electron chi connectivity index (χ0n) is 8.66. The first-order valence-electron chi connectivity index (χ1n) is 4.84. The second-order valence-corrected chi connectivity index (χ2v) is 3.06. The fourth-order valence-corrected chi connectivity index (χ4v) is 0.927. The van der Waals surface area contributed by atoms with E-state index in [-0.39, 0.29) is 11.6 Å². The van der Waals surface area contributed by atoms with Crippen molar-refractivity contribution >= 4 is 11.7 Å². The summed E-state index contributed by atoms with van der Waals surface area (Å²) >= 11 is 0. The van der Waals surface area contributed by atoms with Crippen molar-refractivity contribution in [1.29, 1.82) is 0 Å². The summed E-state index contributed by atoms with van der Waals surface area (Å²) in [5.74, 6) is -0.0101. The van der Waals surface area contributed by atoms with Crippen molar-refractivity contribution in [3.8, 4) is 0 Å². The number of nitrogen functional groups attached to an aromatic ring is 1. The molecule has 1 amide bonds. The Morgan fingerprint density at radius 1 is 1.47 bits per heavy atom. The highest BCUT2D eigenvalue weighted by atomic mass is 16.2. The molecule has 0 spiro atoms. The minimum Gasteiger partial charge on any atom is -0.382 e. The molecule has 0 saturated heterocycles. The van der Waals surface area contributed by atoms with Crippen LogP contribution in [0.5, 0.6) is 0 Å². The van der Waals surface area contributed by atoms with Gasteiger partial charge >= 0.3 is 0 Å². The van der Waals surface area contributed by atoms with Crippen LogP contribution in [0.25, 0.3) is 0 Å². The third kappa shape index (κ3) is 3.90. The number of hydrogen-bond donors (Lipinski definition) is 3. The summed E-state index contributed by atoms with van der Waals surface area (Å²) in [6, 6.07) is 0. The Balaban J connectivity index is 2.37. The quantitative estimate of drug-likeness (QED) is 0.472. The maximum Gasteiger partial charge on any atom is 0.285 e. The van der Waals surface area contributed by atoms with Crippen molar-refractivity contribution in [2.24, 2.45) is 0 Å². The number of carbonyl (C=O) groups excluding carboxylic acids is 1. The zero-order chi connectivity index (χ0) is 11.1. The van der Waals surface area contributed by atoms with Crippen LogP contribution < -0.4 is 16.6 Å². The highest BCUT2D eigenvalue weighted by Crippen LogP contribution is 1.94. The molecule has 15 heavy (non-hydrogen) atoms. The lowest BCUT2D eigenvalue weighted by atomic mass is 10.3. The Morgan fingerprint density at radius 3 is 2.87 bits per heavy atom. The summed E-state index contributed by atoms with van der Waals surface area (Å²) in [4.78, 5) is 19.0. The summed E-state index contributed by atoms with van der Waals surface area (Å²) in [5, 5.41) is 0. The molecule has 0 aromatic carbocycles. The molecule has 0 aliphatic heterocycles. The summed E-state index contributed by atoms with van der Waals surface area (Å²) in [7, 11) is 0. The van der Waals surface area contributed by atoms with Crippen LogP contribution in [0.3, 0.4) is 0 Å². The van der Waals surface area contributed by atoms with E-state index in [9.17, 15) is 4.79 Å². The minimum absolute atomic E-state index is 0.244. The Labute approximate surface area is 88.3 Å². The molecule has 0 radical (unpaired) electrons. The topological polar surface area (TPSA) is 92.9 Å². The van der Waals surface area contributed by atoms with Crippen LogP contribution >= 0.6 is 0 Å². The molecular weight excluding hydrogens is 194 g/mol. The molecule has 6 heteroatoms. The molecule has 6 nitrogen and oxygen atoms in total. The Bertz CT molecular complexity index is 311. The standard InChI is InChI=1S/C9H15N5O/c1-2-3-4-13-14-9(15)7-5-12-8(10)6-11-7/h5-6,13H,2-4H2,1H3,(H2,10,12)(H,14,15). The molecule has 1 aromatic heterocycles. The molecule has 0 bridgehead atoms. The first-order chi connectivity index (χ1) is 7.24. The van der Waals surface area contributed by atoms with Crippen molar-refractivity contribution in [2.45, 2.75) is 19.8 Å². The second kappa shape index (κ2) is 5.92. The third-order valence-electron chi connectivity index (χ3n) is 1.76. The molecule has 1 rings (SSSR count). The van der Waals surface area contributed by atoms with Gasteiger partial charge in [0.25, 0.3) is 5.91 Å². The number of hydrazine groups is 1. The molecule has 0 atom stereocenters. The predicted molar refractivity (Wildman–Crippen MR) is 56.8 cm³/mol. The van der Waals surface area contributed by atoms with Crippen molar-refractivity contribution in [3.05, 3.63) is 18.1 Å². The lowest BCUT2D eigenvalue weighted by Crippen LogP contribution is -2.38. The molecule has 4 N–H and O–H groups in total. The lowest BCUT2D eigenvalue weighted by molar-refractivity contribution is 0.0927. The van der Waals surface area contributed by atoms with Gasteiger partial charge < -0.3 is 5.73 Å². The number of anilines is 1. The summed E-state index contributed by atoms with van der Waals surface area (Å²) in [6.07, 6.45) is 4.77. The van der Waals surface area contributed by atoms with Gasteiger partial charge in [-0.1, -0.05) is 13.3 Å². The van der Waals surface area contributed by atoms with Crippen LogP contribution in [0.4, 0.5) is 5.82 Å². The van der Waals surface area contributed by atoms with E-state index in [0.29, 0.717) is 5.82 Å². The molecule has 0 aliphatic rings. The maximum absolute atomic E-state index is 11.4. The average molecular weight is 209 g/mol. The number of amides is 1. The van der Waals surface area contributed by atoms with E-state index in [0.717, 1.165) is 19.4 Å². The second-order valence-electron chi connectivity index (χ2n) is 3.06. The van der Waals surface area contributed by atoms with Gasteiger partial charge in [0.15, 0.2) is 0 Å². The van der Waals surface area contributed by atoms with Gasteiger partial charge in [-0.2, -0.15) is 0 Å². The number of nitrogens with one attached hydrogen (secondary N) is 2. The van der Waals surface area contributed by atoms with Gasteiger partial charge in [-0.25, -0.2) is 15.4 Å². The minimum atomic E-state index is -0.307. The van der Waals surface area contributed by atoms with E-state index in [2.05, 4.69) is 27.7 Å². The molecule has 1 aromatic rings. The number of rotatable bonds is 5. The molecule has 0 fully saturated rings. The number of unbranched alkanes of at least 4 members (excludes halogenated alkanes) is 1. The normalized spacial score (nSPS) is 9.93. The average Bonchev–Trinajstić information content (AvgIpc) is 2.25. The number of aromatic nitrogens is 2.